The highest BCUT2D eigenvalue weighted by molar-refractivity contribution is 5.82. The lowest BCUT2D eigenvalue weighted by molar-refractivity contribution is 0.600. The molecule has 2 heteroatoms. The van der Waals surface area contributed by atoms with E-state index in [2.05, 4.69) is 54.5 Å². The zero-order valence-electron chi connectivity index (χ0n) is 17.3. The normalized spacial score (nSPS) is 13.5. The molecule has 0 unspecified atom stereocenters. The first-order valence-corrected chi connectivity index (χ1v) is 11.1. The van der Waals surface area contributed by atoms with Gasteiger partial charge < -0.3 is 9.80 Å². The molecule has 0 spiro atoms. The molecule has 1 aromatic carbocycles. The number of nitrogens with zero attached hydrogens (tertiary/aromatic N) is 2. The molecule has 2 nitrogen and oxygen atoms in total. The summed E-state index contributed by atoms with van der Waals surface area (Å²) in [7, 11) is 0. The van der Waals surface area contributed by atoms with E-state index < -0.39 is 0 Å². The predicted molar refractivity (Wildman–Crippen MR) is 117 cm³/mol. The first kappa shape index (κ1) is 20.9. The lowest BCUT2D eigenvalue weighted by Gasteiger charge is -2.24. The molecule has 0 saturated heterocycles. The number of hydrogen-bond donors (Lipinski definition) is 0. The van der Waals surface area contributed by atoms with Gasteiger partial charge in [-0.15, -0.1) is 0 Å². The average Bonchev–Trinajstić information content (AvgIpc) is 2.93. The summed E-state index contributed by atoms with van der Waals surface area (Å²) < 4.78 is 0. The topological polar surface area (TPSA) is 6.48 Å². The van der Waals surface area contributed by atoms with Crippen LogP contribution in [0.1, 0.15) is 90.9 Å². The minimum atomic E-state index is 1.11. The first-order chi connectivity index (χ1) is 12.8. The van der Waals surface area contributed by atoms with Crippen LogP contribution in [0.25, 0.3) is 0 Å². The summed E-state index contributed by atoms with van der Waals surface area (Å²) in [5.74, 6) is 1.19. The first-order valence-electron chi connectivity index (χ1n) is 11.1. The van der Waals surface area contributed by atoms with Crippen LogP contribution in [0.2, 0.25) is 0 Å². The largest absolute Gasteiger partial charge is 0.326 e. The summed E-state index contributed by atoms with van der Waals surface area (Å²) in [6, 6.07) is 8.85. The Morgan fingerprint density at radius 2 is 1.00 bits per heavy atom. The highest BCUT2D eigenvalue weighted by atomic mass is 15.4. The zero-order chi connectivity index (χ0) is 18.6. The van der Waals surface area contributed by atoms with Gasteiger partial charge in [0, 0.05) is 13.1 Å². The number of fused-ring (bicyclic) bond motifs is 1. The van der Waals surface area contributed by atoms with Crippen LogP contribution in [0.3, 0.4) is 0 Å². The maximum absolute atomic E-state index is 4.44. The molecule has 0 saturated carbocycles. The van der Waals surface area contributed by atoms with Crippen molar-refractivity contribution in [2.24, 2.45) is 0 Å². The standard InChI is InChI=1S/C24H40N2/c1-4-6-8-10-12-16-20-25-22(3)26(21-17-13-11-9-7-5-2)24-19-15-14-18-23(24)25/h14-15,18-19H,3-13,16-17,20-21H2,1-2H3. The molecule has 0 N–H and O–H groups in total. The fourth-order valence-corrected chi connectivity index (χ4v) is 3.94. The Labute approximate surface area is 162 Å². The van der Waals surface area contributed by atoms with Crippen molar-refractivity contribution in [2.75, 3.05) is 22.9 Å². The van der Waals surface area contributed by atoms with Crippen LogP contribution in [0.5, 0.6) is 0 Å². The Balaban J connectivity index is 1.82. The van der Waals surface area contributed by atoms with Crippen LogP contribution in [-0.4, -0.2) is 13.1 Å². The Morgan fingerprint density at radius 1 is 0.615 bits per heavy atom. The third-order valence-electron chi connectivity index (χ3n) is 5.56. The number of anilines is 2. The van der Waals surface area contributed by atoms with Gasteiger partial charge in [-0.05, 0) is 25.0 Å². The quantitative estimate of drug-likeness (QED) is 0.318. The number of unbranched alkanes of at least 4 members (excludes halogenated alkanes) is 10. The number of benzene rings is 1. The van der Waals surface area contributed by atoms with Gasteiger partial charge in [-0.1, -0.05) is 96.8 Å². The smallest absolute Gasteiger partial charge is 0.106 e. The summed E-state index contributed by atoms with van der Waals surface area (Å²) in [4.78, 5) is 4.90. The molecule has 146 valence electrons. The lowest BCUT2D eigenvalue weighted by atomic mass is 10.1. The highest BCUT2D eigenvalue weighted by Gasteiger charge is 2.28. The summed E-state index contributed by atoms with van der Waals surface area (Å²) in [6.45, 7) is 11.2. The zero-order valence-corrected chi connectivity index (χ0v) is 17.3. The molecule has 0 fully saturated rings. The van der Waals surface area contributed by atoms with E-state index in [1.165, 1.54) is 94.2 Å². The van der Waals surface area contributed by atoms with Crippen molar-refractivity contribution in [2.45, 2.75) is 90.9 Å². The molecule has 1 heterocycles. The molecule has 0 atom stereocenters. The van der Waals surface area contributed by atoms with Crippen molar-refractivity contribution >= 4 is 11.4 Å². The predicted octanol–water partition coefficient (Wildman–Crippen LogP) is 7.51. The van der Waals surface area contributed by atoms with Gasteiger partial charge in [0.2, 0.25) is 0 Å². The van der Waals surface area contributed by atoms with Gasteiger partial charge in [-0.25, -0.2) is 0 Å². The van der Waals surface area contributed by atoms with Crippen LogP contribution < -0.4 is 9.80 Å². The molecular weight excluding hydrogens is 316 g/mol. The third kappa shape index (κ3) is 6.07. The van der Waals surface area contributed by atoms with Gasteiger partial charge >= 0.3 is 0 Å². The minimum absolute atomic E-state index is 1.11. The Kier molecular flexibility index (Phi) is 9.66. The molecule has 1 aromatic rings. The van der Waals surface area contributed by atoms with Crippen molar-refractivity contribution in [3.05, 3.63) is 36.7 Å². The van der Waals surface area contributed by atoms with Crippen LogP contribution in [-0.2, 0) is 0 Å². The second kappa shape index (κ2) is 12.0. The molecule has 1 aliphatic rings. The molecule has 1 aliphatic heterocycles. The molecule has 0 radical (unpaired) electrons. The lowest BCUT2D eigenvalue weighted by Crippen LogP contribution is -2.29. The van der Waals surface area contributed by atoms with E-state index in [4.69, 9.17) is 0 Å². The monoisotopic (exact) mass is 356 g/mol. The van der Waals surface area contributed by atoms with Crippen molar-refractivity contribution < 1.29 is 0 Å². The number of hydrogen-bond acceptors (Lipinski definition) is 2. The second-order valence-electron chi connectivity index (χ2n) is 7.74. The summed E-state index contributed by atoms with van der Waals surface area (Å²) in [5, 5.41) is 0. The molecule has 0 amide bonds. The van der Waals surface area contributed by atoms with Crippen molar-refractivity contribution in [1.29, 1.82) is 0 Å². The number of rotatable bonds is 14. The van der Waals surface area contributed by atoms with Gasteiger partial charge in [0.25, 0.3) is 0 Å². The van der Waals surface area contributed by atoms with Gasteiger partial charge in [-0.2, -0.15) is 0 Å². The van der Waals surface area contributed by atoms with Crippen molar-refractivity contribution in [3.63, 3.8) is 0 Å². The second-order valence-corrected chi connectivity index (χ2v) is 7.74. The van der Waals surface area contributed by atoms with Crippen LogP contribution in [0.4, 0.5) is 11.4 Å². The van der Waals surface area contributed by atoms with Gasteiger partial charge in [0.05, 0.1) is 11.4 Å². The van der Waals surface area contributed by atoms with E-state index in [1.807, 2.05) is 0 Å². The molecule has 2 rings (SSSR count). The van der Waals surface area contributed by atoms with Crippen molar-refractivity contribution in [3.8, 4) is 0 Å². The van der Waals surface area contributed by atoms with E-state index >= 15 is 0 Å². The van der Waals surface area contributed by atoms with E-state index in [-0.39, 0.29) is 0 Å². The highest BCUT2D eigenvalue weighted by Crippen LogP contribution is 2.41. The summed E-state index contributed by atoms with van der Waals surface area (Å²) in [6.07, 6.45) is 16.1. The van der Waals surface area contributed by atoms with Gasteiger partial charge in [0.15, 0.2) is 0 Å². The maximum atomic E-state index is 4.44. The Hall–Kier alpha value is -1.44. The maximum Gasteiger partial charge on any atom is 0.106 e. The summed E-state index contributed by atoms with van der Waals surface area (Å²) >= 11 is 0. The van der Waals surface area contributed by atoms with E-state index in [1.54, 1.807) is 0 Å². The van der Waals surface area contributed by atoms with Crippen LogP contribution in [0, 0.1) is 0 Å². The van der Waals surface area contributed by atoms with Crippen LogP contribution >= 0.6 is 0 Å². The molecular formula is C24H40N2. The third-order valence-corrected chi connectivity index (χ3v) is 5.56. The fourth-order valence-electron chi connectivity index (χ4n) is 3.94. The average molecular weight is 357 g/mol. The van der Waals surface area contributed by atoms with E-state index in [9.17, 15) is 0 Å². The fraction of sp³-hybridized carbons (Fsp3) is 0.667. The van der Waals surface area contributed by atoms with Gasteiger partial charge in [-0.3, -0.25) is 0 Å². The Morgan fingerprint density at radius 3 is 1.42 bits per heavy atom. The van der Waals surface area contributed by atoms with Crippen LogP contribution in [0.15, 0.2) is 36.7 Å². The molecule has 0 bridgehead atoms. The molecule has 26 heavy (non-hydrogen) atoms. The van der Waals surface area contributed by atoms with E-state index in [0.717, 1.165) is 13.1 Å². The number of para-hydroxylation sites is 2. The SMILES string of the molecule is C=C1N(CCCCCCCC)c2ccccc2N1CCCCCCCC. The molecule has 0 aromatic heterocycles. The molecule has 0 aliphatic carbocycles. The minimum Gasteiger partial charge on any atom is -0.326 e. The van der Waals surface area contributed by atoms with Gasteiger partial charge in [0.1, 0.15) is 5.82 Å². The summed E-state index contributed by atoms with van der Waals surface area (Å²) in [5.41, 5.74) is 2.72. The van der Waals surface area contributed by atoms with E-state index in [0.29, 0.717) is 0 Å². The Bertz CT molecular complexity index is 478. The van der Waals surface area contributed by atoms with Crippen molar-refractivity contribution in [1.82, 2.24) is 0 Å².